The molecule has 0 spiro atoms. The lowest BCUT2D eigenvalue weighted by atomic mass is 10.1. The predicted molar refractivity (Wildman–Crippen MR) is 116 cm³/mol. The minimum atomic E-state index is -0.570. The number of piperidine rings is 1. The first kappa shape index (κ1) is 21.6. The molecule has 3 amide bonds. The monoisotopic (exact) mass is 411 g/mol. The Morgan fingerprint density at radius 1 is 1.27 bits per heavy atom. The Balaban J connectivity index is 1.57. The molecule has 3 rings (SSSR count). The fourth-order valence-electron chi connectivity index (χ4n) is 3.58. The van der Waals surface area contributed by atoms with E-state index in [1.54, 1.807) is 11.0 Å². The lowest BCUT2D eigenvalue weighted by Crippen LogP contribution is -2.53. The number of urea groups is 1. The van der Waals surface area contributed by atoms with Crippen LogP contribution in [0.15, 0.2) is 48.5 Å². The summed E-state index contributed by atoms with van der Waals surface area (Å²) in [7, 11) is 0. The average Bonchev–Trinajstić information content (AvgIpc) is 2.74. The maximum absolute atomic E-state index is 12.4. The van der Waals surface area contributed by atoms with Crippen LogP contribution in [-0.4, -0.2) is 47.7 Å². The number of aliphatic hydroxyl groups excluding tert-OH is 1. The summed E-state index contributed by atoms with van der Waals surface area (Å²) in [4.78, 5) is 26.4. The number of carbonyl (C=O) groups is 2. The highest BCUT2D eigenvalue weighted by Crippen LogP contribution is 2.26. The molecule has 1 saturated heterocycles. The van der Waals surface area contributed by atoms with Gasteiger partial charge in [0.25, 0.3) is 0 Å². The highest BCUT2D eigenvalue weighted by atomic mass is 16.5. The first-order valence-corrected chi connectivity index (χ1v) is 10.3. The minimum absolute atomic E-state index is 0.0822. The van der Waals surface area contributed by atoms with Crippen LogP contribution in [0, 0.1) is 6.92 Å². The molecule has 7 heteroatoms. The van der Waals surface area contributed by atoms with Gasteiger partial charge in [0, 0.05) is 18.8 Å². The predicted octanol–water partition coefficient (Wildman–Crippen LogP) is 3.24. The molecular weight excluding hydrogens is 382 g/mol. The van der Waals surface area contributed by atoms with E-state index >= 15 is 0 Å². The molecule has 1 heterocycles. The summed E-state index contributed by atoms with van der Waals surface area (Å²) < 4.78 is 6.01. The topological polar surface area (TPSA) is 90.9 Å². The van der Waals surface area contributed by atoms with E-state index in [0.29, 0.717) is 25.2 Å². The molecule has 30 heavy (non-hydrogen) atoms. The van der Waals surface area contributed by atoms with Gasteiger partial charge in [-0.15, -0.1) is 0 Å². The van der Waals surface area contributed by atoms with Crippen molar-refractivity contribution in [1.82, 2.24) is 10.2 Å². The van der Waals surface area contributed by atoms with Crippen LogP contribution >= 0.6 is 0 Å². The number of nitrogens with zero attached hydrogens (tertiary/aromatic N) is 1. The maximum Gasteiger partial charge on any atom is 0.319 e. The number of aliphatic hydroxyl groups is 1. The van der Waals surface area contributed by atoms with E-state index in [4.69, 9.17) is 9.84 Å². The lowest BCUT2D eigenvalue weighted by molar-refractivity contribution is -0.136. The molecule has 0 aromatic heterocycles. The van der Waals surface area contributed by atoms with E-state index in [1.807, 2.05) is 56.3 Å². The number of benzene rings is 2. The van der Waals surface area contributed by atoms with Gasteiger partial charge in [0.1, 0.15) is 17.9 Å². The van der Waals surface area contributed by atoms with Crippen LogP contribution < -0.4 is 15.4 Å². The fourth-order valence-corrected chi connectivity index (χ4v) is 3.58. The van der Waals surface area contributed by atoms with Gasteiger partial charge < -0.3 is 25.4 Å². The average molecular weight is 412 g/mol. The molecule has 0 bridgehead atoms. The zero-order valence-electron chi connectivity index (χ0n) is 17.4. The molecule has 1 aliphatic rings. The largest absolute Gasteiger partial charge is 0.486 e. The Hall–Kier alpha value is -3.06. The van der Waals surface area contributed by atoms with Gasteiger partial charge in [-0.2, -0.15) is 0 Å². The van der Waals surface area contributed by atoms with Crippen molar-refractivity contribution in [2.75, 3.05) is 25.0 Å². The number of amides is 3. The van der Waals surface area contributed by atoms with Crippen molar-refractivity contribution >= 4 is 17.6 Å². The Morgan fingerprint density at radius 2 is 2.03 bits per heavy atom. The highest BCUT2D eigenvalue weighted by molar-refractivity contribution is 5.94. The van der Waals surface area contributed by atoms with Crippen LogP contribution in [-0.2, 0) is 4.79 Å². The minimum Gasteiger partial charge on any atom is -0.486 e. The fraction of sp³-hybridized carbons (Fsp3) is 0.391. The van der Waals surface area contributed by atoms with E-state index in [-0.39, 0.29) is 18.6 Å². The van der Waals surface area contributed by atoms with Gasteiger partial charge in [-0.1, -0.05) is 30.3 Å². The van der Waals surface area contributed by atoms with E-state index in [0.717, 1.165) is 23.3 Å². The number of rotatable bonds is 7. The summed E-state index contributed by atoms with van der Waals surface area (Å²) in [5.41, 5.74) is 2.60. The number of hydrogen-bond donors (Lipinski definition) is 3. The number of hydrogen-bond acceptors (Lipinski definition) is 4. The maximum atomic E-state index is 12.4. The SMILES string of the molecule is Cc1cc(OC(C)c2ccccc2)ccc1NC(=O)NC1CCCN(CCO)C1=O. The van der Waals surface area contributed by atoms with Crippen LogP contribution in [0.25, 0.3) is 0 Å². The molecule has 2 aromatic carbocycles. The molecule has 1 fully saturated rings. The van der Waals surface area contributed by atoms with Crippen LogP contribution in [0.2, 0.25) is 0 Å². The van der Waals surface area contributed by atoms with Gasteiger partial charge in [-0.05, 0) is 56.0 Å². The summed E-state index contributed by atoms with van der Waals surface area (Å²) in [6.07, 6.45) is 1.30. The number of anilines is 1. The Morgan fingerprint density at radius 3 is 2.73 bits per heavy atom. The highest BCUT2D eigenvalue weighted by Gasteiger charge is 2.29. The number of likely N-dealkylation sites (tertiary alicyclic amines) is 1. The second-order valence-corrected chi connectivity index (χ2v) is 7.49. The number of nitrogens with one attached hydrogen (secondary N) is 2. The first-order chi connectivity index (χ1) is 14.5. The summed E-state index contributed by atoms with van der Waals surface area (Å²) in [6.45, 7) is 4.71. The number of β-amino-alcohol motifs (C(OH)–C–C–N with tert-alkyl or cyclic N) is 1. The molecule has 2 atom stereocenters. The van der Waals surface area contributed by atoms with Crippen LogP contribution in [0.1, 0.15) is 37.0 Å². The summed E-state index contributed by atoms with van der Waals surface area (Å²) in [5, 5.41) is 14.6. The summed E-state index contributed by atoms with van der Waals surface area (Å²) >= 11 is 0. The Bertz CT molecular complexity index is 870. The van der Waals surface area contributed by atoms with Crippen molar-refractivity contribution in [3.05, 3.63) is 59.7 Å². The normalized spacial score (nSPS) is 17.4. The zero-order valence-corrected chi connectivity index (χ0v) is 17.4. The molecule has 1 aliphatic heterocycles. The van der Waals surface area contributed by atoms with E-state index in [9.17, 15) is 9.59 Å². The molecule has 7 nitrogen and oxygen atoms in total. The number of aryl methyl sites for hydroxylation is 1. The van der Waals surface area contributed by atoms with E-state index in [1.165, 1.54) is 0 Å². The molecule has 160 valence electrons. The van der Waals surface area contributed by atoms with Crippen LogP contribution in [0.5, 0.6) is 5.75 Å². The molecule has 0 radical (unpaired) electrons. The van der Waals surface area contributed by atoms with Crippen LogP contribution in [0.4, 0.5) is 10.5 Å². The van der Waals surface area contributed by atoms with E-state index in [2.05, 4.69) is 10.6 Å². The van der Waals surface area contributed by atoms with Gasteiger partial charge in [-0.3, -0.25) is 4.79 Å². The third-order valence-electron chi connectivity index (χ3n) is 5.23. The Labute approximate surface area is 177 Å². The zero-order chi connectivity index (χ0) is 21.5. The van der Waals surface area contributed by atoms with Crippen molar-refractivity contribution in [1.29, 1.82) is 0 Å². The smallest absolute Gasteiger partial charge is 0.319 e. The van der Waals surface area contributed by atoms with Crippen molar-refractivity contribution in [2.45, 2.75) is 38.8 Å². The third kappa shape index (κ3) is 5.51. The van der Waals surface area contributed by atoms with Crippen molar-refractivity contribution in [3.63, 3.8) is 0 Å². The molecule has 3 N–H and O–H groups in total. The number of carbonyl (C=O) groups excluding carboxylic acids is 2. The molecule has 0 aliphatic carbocycles. The van der Waals surface area contributed by atoms with Crippen molar-refractivity contribution < 1.29 is 19.4 Å². The summed E-state index contributed by atoms with van der Waals surface area (Å²) in [6, 6.07) is 14.5. The van der Waals surface area contributed by atoms with Gasteiger partial charge >= 0.3 is 6.03 Å². The Kier molecular flexibility index (Phi) is 7.30. The lowest BCUT2D eigenvalue weighted by Gasteiger charge is -2.32. The van der Waals surface area contributed by atoms with Gasteiger partial charge in [0.05, 0.1) is 6.61 Å². The van der Waals surface area contributed by atoms with Crippen molar-refractivity contribution in [3.8, 4) is 5.75 Å². The van der Waals surface area contributed by atoms with Gasteiger partial charge in [-0.25, -0.2) is 4.79 Å². The van der Waals surface area contributed by atoms with Gasteiger partial charge in [0.2, 0.25) is 5.91 Å². The second kappa shape index (κ2) is 10.1. The third-order valence-corrected chi connectivity index (χ3v) is 5.23. The van der Waals surface area contributed by atoms with E-state index < -0.39 is 12.1 Å². The first-order valence-electron chi connectivity index (χ1n) is 10.3. The second-order valence-electron chi connectivity index (χ2n) is 7.49. The standard InChI is InChI=1S/C23H29N3O4/c1-16-15-19(30-17(2)18-7-4-3-5-8-18)10-11-20(16)24-23(29)25-21-9-6-12-26(13-14-27)22(21)28/h3-5,7-8,10-11,15,17,21,27H,6,9,12-14H2,1-2H3,(H2,24,25,29). The molecular formula is C23H29N3O4. The van der Waals surface area contributed by atoms with Crippen molar-refractivity contribution in [2.24, 2.45) is 0 Å². The van der Waals surface area contributed by atoms with Crippen LogP contribution in [0.3, 0.4) is 0 Å². The quantitative estimate of drug-likeness (QED) is 0.652. The summed E-state index contributed by atoms with van der Waals surface area (Å²) in [5.74, 6) is 0.567. The molecule has 0 saturated carbocycles. The number of ether oxygens (including phenoxy) is 1. The molecule has 2 unspecified atom stereocenters. The van der Waals surface area contributed by atoms with Gasteiger partial charge in [0.15, 0.2) is 0 Å². The molecule has 2 aromatic rings.